The van der Waals surface area contributed by atoms with Gasteiger partial charge in [0.1, 0.15) is 17.0 Å². The van der Waals surface area contributed by atoms with Crippen LogP contribution < -0.4 is 4.90 Å². The van der Waals surface area contributed by atoms with Gasteiger partial charge in [-0.05, 0) is 17.9 Å². The van der Waals surface area contributed by atoms with E-state index in [0.717, 1.165) is 48.6 Å². The van der Waals surface area contributed by atoms with E-state index >= 15 is 0 Å². The molecule has 0 aromatic carbocycles. The van der Waals surface area contributed by atoms with Gasteiger partial charge in [-0.1, -0.05) is 0 Å². The number of thiophene rings is 1. The molecule has 6 nitrogen and oxygen atoms in total. The van der Waals surface area contributed by atoms with E-state index in [-0.39, 0.29) is 6.04 Å². The van der Waals surface area contributed by atoms with E-state index in [0.29, 0.717) is 11.5 Å². The zero-order valence-electron chi connectivity index (χ0n) is 12.2. The summed E-state index contributed by atoms with van der Waals surface area (Å²) in [5.41, 5.74) is 0. The molecule has 8 heteroatoms. The van der Waals surface area contributed by atoms with Gasteiger partial charge in [-0.3, -0.25) is 4.90 Å². The van der Waals surface area contributed by atoms with Crippen LogP contribution in [0.3, 0.4) is 0 Å². The molecule has 4 rings (SSSR count). The molecule has 0 N–H and O–H groups in total. The summed E-state index contributed by atoms with van der Waals surface area (Å²) in [7, 11) is -2.81. The molecule has 0 saturated carbocycles. The number of aromatic nitrogens is 2. The molecule has 4 heterocycles. The van der Waals surface area contributed by atoms with Crippen LogP contribution in [0, 0.1) is 0 Å². The quantitative estimate of drug-likeness (QED) is 0.814. The number of hydrogen-bond donors (Lipinski definition) is 0. The molecular weight excluding hydrogens is 320 g/mol. The second-order valence-electron chi connectivity index (χ2n) is 5.92. The summed E-state index contributed by atoms with van der Waals surface area (Å²) in [5, 5.41) is 3.16. The predicted molar refractivity (Wildman–Crippen MR) is 88.3 cm³/mol. The number of hydrogen-bond acceptors (Lipinski definition) is 7. The van der Waals surface area contributed by atoms with E-state index < -0.39 is 9.84 Å². The van der Waals surface area contributed by atoms with Crippen molar-refractivity contribution in [2.24, 2.45) is 0 Å². The van der Waals surface area contributed by atoms with E-state index in [9.17, 15) is 8.42 Å². The molecule has 0 amide bonds. The van der Waals surface area contributed by atoms with Crippen molar-refractivity contribution < 1.29 is 8.42 Å². The van der Waals surface area contributed by atoms with Crippen molar-refractivity contribution in [3.63, 3.8) is 0 Å². The molecule has 2 saturated heterocycles. The highest BCUT2D eigenvalue weighted by Gasteiger charge is 2.34. The highest BCUT2D eigenvalue weighted by molar-refractivity contribution is 7.91. The van der Waals surface area contributed by atoms with Crippen molar-refractivity contribution in [3.8, 4) is 0 Å². The maximum absolute atomic E-state index is 11.6. The summed E-state index contributed by atoms with van der Waals surface area (Å²) in [4.78, 5) is 14.4. The number of nitrogens with zero attached hydrogens (tertiary/aromatic N) is 4. The Morgan fingerprint density at radius 2 is 2.00 bits per heavy atom. The summed E-state index contributed by atoms with van der Waals surface area (Å²) in [6, 6.07) is 2.28. The molecule has 22 heavy (non-hydrogen) atoms. The van der Waals surface area contributed by atoms with Gasteiger partial charge in [0.25, 0.3) is 0 Å². The van der Waals surface area contributed by atoms with Crippen molar-refractivity contribution >= 4 is 37.2 Å². The van der Waals surface area contributed by atoms with E-state index in [1.54, 1.807) is 17.7 Å². The minimum atomic E-state index is -2.81. The average molecular weight is 338 g/mol. The lowest BCUT2D eigenvalue weighted by molar-refractivity contribution is 0.200. The molecule has 0 radical (unpaired) electrons. The second-order valence-corrected chi connectivity index (χ2v) is 9.04. The van der Waals surface area contributed by atoms with Crippen molar-refractivity contribution in [3.05, 3.63) is 17.8 Å². The summed E-state index contributed by atoms with van der Waals surface area (Å²) in [5.74, 6) is 1.68. The lowest BCUT2D eigenvalue weighted by Gasteiger charge is -2.38. The minimum Gasteiger partial charge on any atom is -0.353 e. The molecular formula is C14H18N4O2S2. The van der Waals surface area contributed by atoms with Crippen molar-refractivity contribution in [1.29, 1.82) is 0 Å². The monoisotopic (exact) mass is 338 g/mol. The fraction of sp³-hybridized carbons (Fsp3) is 0.571. The Balaban J connectivity index is 1.47. The molecule has 2 aliphatic heterocycles. The van der Waals surface area contributed by atoms with Crippen molar-refractivity contribution in [1.82, 2.24) is 14.9 Å². The van der Waals surface area contributed by atoms with Gasteiger partial charge in [0.05, 0.1) is 16.9 Å². The third-order valence-corrected chi connectivity index (χ3v) is 7.15. The Bertz CT molecular complexity index is 781. The first-order chi connectivity index (χ1) is 10.6. The highest BCUT2D eigenvalue weighted by Crippen LogP contribution is 2.28. The van der Waals surface area contributed by atoms with Crippen LogP contribution in [0.25, 0.3) is 10.2 Å². The number of sulfone groups is 1. The second kappa shape index (κ2) is 5.43. The third kappa shape index (κ3) is 2.59. The van der Waals surface area contributed by atoms with Gasteiger partial charge in [-0.15, -0.1) is 11.3 Å². The molecule has 2 aromatic heterocycles. The SMILES string of the molecule is O=S1(=O)CC[C@H](N2CCN(c3ncnc4sccc34)CC2)C1. The number of rotatable bonds is 2. The topological polar surface area (TPSA) is 66.4 Å². The first kappa shape index (κ1) is 14.3. The summed E-state index contributed by atoms with van der Waals surface area (Å²) < 4.78 is 23.3. The Morgan fingerprint density at radius 1 is 1.18 bits per heavy atom. The largest absolute Gasteiger partial charge is 0.353 e. The van der Waals surface area contributed by atoms with Gasteiger partial charge >= 0.3 is 0 Å². The van der Waals surface area contributed by atoms with Crippen LogP contribution in [-0.2, 0) is 9.84 Å². The van der Waals surface area contributed by atoms with Crippen molar-refractivity contribution in [2.75, 3.05) is 42.6 Å². The van der Waals surface area contributed by atoms with E-state index in [4.69, 9.17) is 0 Å². The van der Waals surface area contributed by atoms with Gasteiger partial charge in [0, 0.05) is 32.2 Å². The fourth-order valence-corrected chi connectivity index (χ4v) is 5.88. The van der Waals surface area contributed by atoms with E-state index in [2.05, 4.69) is 25.8 Å². The standard InChI is InChI=1S/C14H18N4O2S2/c19-22(20)8-2-11(9-22)17-3-5-18(6-4-17)13-12-1-7-21-14(12)16-10-15-13/h1,7,10-11H,2-6,8-9H2/t11-/m0/s1. The average Bonchev–Trinajstić information content (AvgIpc) is 3.13. The summed E-state index contributed by atoms with van der Waals surface area (Å²) in [6.07, 6.45) is 2.41. The predicted octanol–water partition coefficient (Wildman–Crippen LogP) is 1.00. The van der Waals surface area contributed by atoms with Gasteiger partial charge in [0.2, 0.25) is 0 Å². The lowest BCUT2D eigenvalue weighted by Crippen LogP contribution is -2.51. The molecule has 0 unspecified atom stereocenters. The highest BCUT2D eigenvalue weighted by atomic mass is 32.2. The zero-order valence-corrected chi connectivity index (χ0v) is 13.8. The summed E-state index contributed by atoms with van der Waals surface area (Å²) >= 11 is 1.63. The van der Waals surface area contributed by atoms with Crippen LogP contribution >= 0.6 is 11.3 Å². The molecule has 118 valence electrons. The molecule has 2 aliphatic rings. The van der Waals surface area contributed by atoms with E-state index in [1.165, 1.54) is 0 Å². The molecule has 0 spiro atoms. The van der Waals surface area contributed by atoms with Crippen molar-refractivity contribution in [2.45, 2.75) is 12.5 Å². The molecule has 0 aliphatic carbocycles. The van der Waals surface area contributed by atoms with Crippen LogP contribution in [-0.4, -0.2) is 67.0 Å². The van der Waals surface area contributed by atoms with Gasteiger partial charge in [-0.2, -0.15) is 0 Å². The van der Waals surface area contributed by atoms with Crippen LogP contribution in [0.2, 0.25) is 0 Å². The minimum absolute atomic E-state index is 0.207. The van der Waals surface area contributed by atoms with Gasteiger partial charge < -0.3 is 4.90 Å². The maximum atomic E-state index is 11.6. The van der Waals surface area contributed by atoms with Gasteiger partial charge in [-0.25, -0.2) is 18.4 Å². The number of fused-ring (bicyclic) bond motifs is 1. The van der Waals surface area contributed by atoms with E-state index in [1.807, 2.05) is 5.38 Å². The lowest BCUT2D eigenvalue weighted by atomic mass is 10.2. The Morgan fingerprint density at radius 3 is 2.73 bits per heavy atom. The Labute approximate surface area is 133 Å². The first-order valence-electron chi connectivity index (χ1n) is 7.50. The molecule has 1 atom stereocenters. The number of piperazine rings is 1. The Hall–Kier alpha value is -1.25. The van der Waals surface area contributed by atoms with Crippen LogP contribution in [0.4, 0.5) is 5.82 Å². The zero-order chi connectivity index (χ0) is 15.2. The third-order valence-electron chi connectivity index (χ3n) is 4.58. The fourth-order valence-electron chi connectivity index (χ4n) is 3.39. The Kier molecular flexibility index (Phi) is 3.54. The maximum Gasteiger partial charge on any atom is 0.151 e. The normalized spacial score (nSPS) is 25.8. The first-order valence-corrected chi connectivity index (χ1v) is 10.2. The molecule has 0 bridgehead atoms. The van der Waals surface area contributed by atoms with Crippen LogP contribution in [0.1, 0.15) is 6.42 Å². The summed E-state index contributed by atoms with van der Waals surface area (Å²) in [6.45, 7) is 3.57. The number of anilines is 1. The van der Waals surface area contributed by atoms with Gasteiger partial charge in [0.15, 0.2) is 9.84 Å². The smallest absolute Gasteiger partial charge is 0.151 e. The molecule has 2 aromatic rings. The van der Waals surface area contributed by atoms with Crippen LogP contribution in [0.5, 0.6) is 0 Å². The molecule has 2 fully saturated rings. The van der Waals surface area contributed by atoms with Crippen LogP contribution in [0.15, 0.2) is 17.8 Å².